The predicted molar refractivity (Wildman–Crippen MR) is 98.7 cm³/mol. The van der Waals surface area contributed by atoms with Gasteiger partial charge in [0.1, 0.15) is 0 Å². The van der Waals surface area contributed by atoms with Crippen LogP contribution in [0.4, 0.5) is 52.7 Å². The molecule has 0 heterocycles. The van der Waals surface area contributed by atoms with Crippen LogP contribution in [-0.2, 0) is 0 Å². The quantitative estimate of drug-likeness (QED) is 0.293. The predicted octanol–water partition coefficient (Wildman–Crippen LogP) is 8.15. The van der Waals surface area contributed by atoms with Gasteiger partial charge in [-0.1, -0.05) is 72.5 Å². The molecule has 0 aromatic heterocycles. The summed E-state index contributed by atoms with van der Waals surface area (Å²) in [4.78, 5) is 0. The van der Waals surface area contributed by atoms with Gasteiger partial charge in [-0.15, -0.1) is 0 Å². The summed E-state index contributed by atoms with van der Waals surface area (Å²) < 4.78 is 159. The number of alkyl halides is 10. The van der Waals surface area contributed by atoms with Crippen molar-refractivity contribution in [1.29, 1.82) is 0 Å². The highest BCUT2D eigenvalue weighted by Crippen LogP contribution is 2.46. The van der Waals surface area contributed by atoms with Crippen molar-refractivity contribution in [3.8, 4) is 11.8 Å². The van der Waals surface area contributed by atoms with Crippen molar-refractivity contribution in [2.45, 2.75) is 24.2 Å². The summed E-state index contributed by atoms with van der Waals surface area (Å²) in [6, 6.07) is 10.1. The van der Waals surface area contributed by atoms with Crippen molar-refractivity contribution < 1.29 is 52.7 Å². The largest absolute Gasteiger partial charge is 0.460 e. The van der Waals surface area contributed by atoms with Gasteiger partial charge >= 0.3 is 24.2 Å². The van der Waals surface area contributed by atoms with Crippen molar-refractivity contribution in [3.63, 3.8) is 0 Å². The first-order chi connectivity index (χ1) is 15.5. The Morgan fingerprint density at radius 3 is 0.971 bits per heavy atom. The molecule has 182 valence electrons. The van der Waals surface area contributed by atoms with E-state index in [0.29, 0.717) is 0 Å². The van der Waals surface area contributed by atoms with Crippen LogP contribution in [0.5, 0.6) is 0 Å². The molecule has 0 aliphatic heterocycles. The lowest BCUT2D eigenvalue weighted by atomic mass is 9.99. The van der Waals surface area contributed by atoms with E-state index in [4.69, 9.17) is 0 Å². The Hall–Kier alpha value is -3.36. The normalized spacial score (nSPS) is 14.6. The van der Waals surface area contributed by atoms with Crippen LogP contribution in [-0.4, -0.2) is 24.2 Å². The lowest BCUT2D eigenvalue weighted by Gasteiger charge is -2.19. The Morgan fingerprint density at radius 2 is 0.735 bits per heavy atom. The zero-order valence-electron chi connectivity index (χ0n) is 16.3. The second-order valence-corrected chi connectivity index (χ2v) is 6.50. The zero-order chi connectivity index (χ0) is 25.9. The summed E-state index contributed by atoms with van der Waals surface area (Å²) in [5.41, 5.74) is -4.79. The summed E-state index contributed by atoms with van der Waals surface area (Å²) in [6.45, 7) is 0. The zero-order valence-corrected chi connectivity index (χ0v) is 16.3. The highest BCUT2D eigenvalue weighted by Gasteiger charge is 2.63. The molecular weight excluding hydrogens is 492 g/mol. The Kier molecular flexibility index (Phi) is 7.50. The topological polar surface area (TPSA) is 0 Å². The fourth-order valence-corrected chi connectivity index (χ4v) is 2.41. The van der Waals surface area contributed by atoms with Crippen LogP contribution in [0.3, 0.4) is 0 Å². The summed E-state index contributed by atoms with van der Waals surface area (Å²) >= 11 is 0. The third kappa shape index (κ3) is 5.40. The lowest BCUT2D eigenvalue weighted by Crippen LogP contribution is -2.37. The van der Waals surface area contributed by atoms with E-state index in [1.165, 1.54) is 24.0 Å². The Balaban J connectivity index is 2.88. The molecule has 0 saturated carbocycles. The van der Waals surface area contributed by atoms with Crippen LogP contribution in [0, 0.1) is 11.8 Å². The maximum Gasteiger partial charge on any atom is 0.460 e. The fraction of sp³-hybridized carbons (Fsp3) is 0.182. The van der Waals surface area contributed by atoms with Gasteiger partial charge in [-0.05, 0) is 11.1 Å². The number of benzene rings is 2. The highest BCUT2D eigenvalue weighted by molar-refractivity contribution is 5.88. The molecule has 0 N–H and O–H groups in total. The fourth-order valence-electron chi connectivity index (χ4n) is 2.41. The Bertz CT molecular complexity index is 1040. The minimum absolute atomic E-state index is 0.702. The van der Waals surface area contributed by atoms with E-state index in [0.717, 1.165) is 48.5 Å². The van der Waals surface area contributed by atoms with E-state index in [1.54, 1.807) is 0 Å². The Labute approximate surface area is 184 Å². The van der Waals surface area contributed by atoms with Crippen LogP contribution in [0.1, 0.15) is 11.1 Å². The van der Waals surface area contributed by atoms with Gasteiger partial charge in [0.05, 0.1) is 11.1 Å². The average Bonchev–Trinajstić information content (AvgIpc) is 2.75. The molecule has 2 rings (SSSR count). The van der Waals surface area contributed by atoms with E-state index in [1.807, 2.05) is 0 Å². The molecule has 0 amide bonds. The molecule has 2 aromatic carbocycles. The van der Waals surface area contributed by atoms with Crippen molar-refractivity contribution in [3.05, 3.63) is 83.4 Å². The molecule has 34 heavy (non-hydrogen) atoms. The van der Waals surface area contributed by atoms with E-state index in [-0.39, 0.29) is 0 Å². The molecule has 0 atom stereocenters. The van der Waals surface area contributed by atoms with Gasteiger partial charge in [0.25, 0.3) is 0 Å². The summed E-state index contributed by atoms with van der Waals surface area (Å²) in [5, 5.41) is 0. The molecular formula is C22H10F12. The van der Waals surface area contributed by atoms with Gasteiger partial charge in [0.15, 0.2) is 11.7 Å². The van der Waals surface area contributed by atoms with Crippen LogP contribution in [0.15, 0.2) is 72.3 Å². The van der Waals surface area contributed by atoms with Crippen LogP contribution in [0.2, 0.25) is 0 Å². The molecule has 2 aromatic rings. The second-order valence-electron chi connectivity index (χ2n) is 6.50. The van der Waals surface area contributed by atoms with E-state index in [9.17, 15) is 52.7 Å². The van der Waals surface area contributed by atoms with E-state index >= 15 is 0 Å². The number of allylic oxidation sites excluding steroid dienone is 4. The summed E-state index contributed by atoms with van der Waals surface area (Å²) in [6.07, 6.45) is -12.9. The minimum Gasteiger partial charge on any atom is -0.203 e. The molecule has 12 heteroatoms. The highest BCUT2D eigenvalue weighted by atomic mass is 19.4. The van der Waals surface area contributed by atoms with Gasteiger partial charge in [-0.3, -0.25) is 0 Å². The minimum atomic E-state index is -6.44. The van der Waals surface area contributed by atoms with Crippen LogP contribution in [0.25, 0.3) is 11.1 Å². The molecule has 0 radical (unpaired) electrons. The van der Waals surface area contributed by atoms with Crippen molar-refractivity contribution in [2.75, 3.05) is 0 Å². The van der Waals surface area contributed by atoms with E-state index < -0.39 is 58.1 Å². The Morgan fingerprint density at radius 1 is 0.471 bits per heavy atom. The first-order valence-corrected chi connectivity index (χ1v) is 8.84. The van der Waals surface area contributed by atoms with E-state index in [2.05, 4.69) is 0 Å². The summed E-state index contributed by atoms with van der Waals surface area (Å²) in [7, 11) is 0. The van der Waals surface area contributed by atoms with Crippen molar-refractivity contribution >= 4 is 11.1 Å². The van der Waals surface area contributed by atoms with Gasteiger partial charge < -0.3 is 0 Å². The number of halogens is 12. The molecule has 0 spiro atoms. The third-order valence-electron chi connectivity index (χ3n) is 4.14. The first kappa shape index (κ1) is 26.9. The second kappa shape index (κ2) is 9.48. The van der Waals surface area contributed by atoms with Crippen molar-refractivity contribution in [1.82, 2.24) is 0 Å². The molecule has 0 unspecified atom stereocenters. The van der Waals surface area contributed by atoms with Gasteiger partial charge in [0, 0.05) is 0 Å². The van der Waals surface area contributed by atoms with Crippen LogP contribution >= 0.6 is 0 Å². The van der Waals surface area contributed by atoms with Gasteiger partial charge in [-0.2, -0.15) is 43.9 Å². The molecule has 0 saturated heterocycles. The standard InChI is InChI=1S/C22H10F12/c23-17(19(25,26)21(29,30)31)15(13-7-3-1-4-8-13)11-12-16(14-9-5-2-6-10-14)18(24)20(27,28)22(32,33)34/h1-10H/b17-15-,18-16+. The number of rotatable bonds is 4. The molecule has 0 aliphatic rings. The third-order valence-corrected chi connectivity index (χ3v) is 4.14. The maximum absolute atomic E-state index is 14.4. The monoisotopic (exact) mass is 502 g/mol. The SMILES string of the molecule is F/C(=C(\C#C/C(=C(/F)C(F)(F)C(F)(F)F)c1ccccc1)c1ccccc1)C(F)(F)C(F)(F)F. The summed E-state index contributed by atoms with van der Waals surface area (Å²) in [5.74, 6) is -15.7. The lowest BCUT2D eigenvalue weighted by molar-refractivity contribution is -0.270. The first-order valence-electron chi connectivity index (χ1n) is 8.84. The van der Waals surface area contributed by atoms with Gasteiger partial charge in [0.2, 0.25) is 0 Å². The molecule has 0 fully saturated rings. The van der Waals surface area contributed by atoms with Gasteiger partial charge in [-0.25, -0.2) is 8.78 Å². The average molecular weight is 502 g/mol. The maximum atomic E-state index is 14.4. The smallest absolute Gasteiger partial charge is 0.203 e. The molecule has 0 nitrogen and oxygen atoms in total. The molecule has 0 aliphatic carbocycles. The van der Waals surface area contributed by atoms with Crippen LogP contribution < -0.4 is 0 Å². The number of hydrogen-bond acceptors (Lipinski definition) is 0. The molecule has 0 bridgehead atoms. The van der Waals surface area contributed by atoms with Crippen molar-refractivity contribution in [2.24, 2.45) is 0 Å². The number of hydrogen-bond donors (Lipinski definition) is 0.